The fourth-order valence-electron chi connectivity index (χ4n) is 9.12. The van der Waals surface area contributed by atoms with E-state index in [0.717, 1.165) is 34.8 Å². The van der Waals surface area contributed by atoms with Gasteiger partial charge in [-0.2, -0.15) is 0 Å². The molecule has 268 valence electrons. The van der Waals surface area contributed by atoms with E-state index in [-0.39, 0.29) is 10.8 Å². The number of hydrogen-bond acceptors (Lipinski definition) is 6. The Kier molecular flexibility index (Phi) is 7.27. The van der Waals surface area contributed by atoms with Crippen LogP contribution in [0.15, 0.2) is 158 Å². The van der Waals surface area contributed by atoms with E-state index in [1.54, 1.807) is 12.4 Å². The second-order valence-corrected chi connectivity index (χ2v) is 16.2. The molecular weight excluding hydrogens is 673 g/mol. The third-order valence-electron chi connectivity index (χ3n) is 12.1. The first-order valence-corrected chi connectivity index (χ1v) is 19.1. The molecule has 1 atom stereocenters. The Morgan fingerprint density at radius 2 is 0.964 bits per heavy atom. The lowest BCUT2D eigenvalue weighted by Crippen LogP contribution is -2.33. The topological polar surface area (TPSA) is 58.0 Å². The second-order valence-electron chi connectivity index (χ2n) is 16.2. The first-order valence-electron chi connectivity index (χ1n) is 19.1. The van der Waals surface area contributed by atoms with Crippen LogP contribution in [0.3, 0.4) is 0 Å². The maximum absolute atomic E-state index is 5.22. The van der Waals surface area contributed by atoms with Crippen LogP contribution >= 0.6 is 0 Å². The smallest absolute Gasteiger partial charge is 0.198 e. The molecule has 3 aliphatic rings. The molecule has 6 heteroatoms. The Morgan fingerprint density at radius 3 is 1.44 bits per heavy atom. The summed E-state index contributed by atoms with van der Waals surface area (Å²) in [5.74, 6) is 0. The fourth-order valence-corrected chi connectivity index (χ4v) is 9.12. The molecule has 2 aliphatic heterocycles. The number of allylic oxidation sites excluding steroid dienone is 3. The van der Waals surface area contributed by atoms with E-state index in [4.69, 9.17) is 9.97 Å². The van der Waals surface area contributed by atoms with Gasteiger partial charge in [0, 0.05) is 45.6 Å². The number of anilines is 5. The highest BCUT2D eigenvalue weighted by Crippen LogP contribution is 2.53. The number of rotatable bonds is 4. The predicted molar refractivity (Wildman–Crippen MR) is 224 cm³/mol. The van der Waals surface area contributed by atoms with Crippen molar-refractivity contribution in [1.82, 2.24) is 19.9 Å². The highest BCUT2D eigenvalue weighted by atomic mass is 15.2. The lowest BCUT2D eigenvalue weighted by atomic mass is 9.73. The first-order chi connectivity index (χ1) is 26.6. The monoisotopic (exact) mass is 714 g/mol. The molecule has 2 aromatic heterocycles. The van der Waals surface area contributed by atoms with Crippen molar-refractivity contribution in [3.05, 3.63) is 186 Å². The third-order valence-corrected chi connectivity index (χ3v) is 12.1. The highest BCUT2D eigenvalue weighted by molar-refractivity contribution is 5.87. The Hall–Kier alpha value is -6.40. The van der Waals surface area contributed by atoms with Gasteiger partial charge in [0.15, 0.2) is 11.3 Å². The Balaban J connectivity index is 1.05. The molecule has 0 N–H and O–H groups in total. The van der Waals surface area contributed by atoms with Gasteiger partial charge in [0.1, 0.15) is 0 Å². The molecule has 4 heterocycles. The van der Waals surface area contributed by atoms with E-state index in [1.165, 1.54) is 45.0 Å². The summed E-state index contributed by atoms with van der Waals surface area (Å²) < 4.78 is 0. The number of para-hydroxylation sites is 4. The van der Waals surface area contributed by atoms with Crippen LogP contribution < -0.4 is 9.80 Å². The molecule has 55 heavy (non-hydrogen) atoms. The van der Waals surface area contributed by atoms with Crippen LogP contribution in [-0.4, -0.2) is 19.9 Å². The summed E-state index contributed by atoms with van der Waals surface area (Å²) in [7, 11) is 0. The molecule has 6 nitrogen and oxygen atoms in total. The number of fused-ring (bicyclic) bond motifs is 5. The van der Waals surface area contributed by atoms with Gasteiger partial charge >= 0.3 is 0 Å². The summed E-state index contributed by atoms with van der Waals surface area (Å²) in [6, 6.07) is 43.9. The quantitative estimate of drug-likeness (QED) is 0.181. The Labute approximate surface area is 322 Å². The second kappa shape index (κ2) is 12.1. The zero-order valence-corrected chi connectivity index (χ0v) is 31.8. The van der Waals surface area contributed by atoms with Crippen molar-refractivity contribution < 1.29 is 0 Å². The average molecular weight is 715 g/mol. The van der Waals surface area contributed by atoms with Gasteiger partial charge in [-0.1, -0.05) is 132 Å². The number of nitrogens with zero attached hydrogens (tertiary/aromatic N) is 6. The van der Waals surface area contributed by atoms with Gasteiger partial charge in [-0.15, -0.1) is 0 Å². The first kappa shape index (κ1) is 33.2. The summed E-state index contributed by atoms with van der Waals surface area (Å²) in [6.45, 7) is 11.5. The third kappa shape index (κ3) is 5.01. The van der Waals surface area contributed by atoms with Crippen LogP contribution in [0.1, 0.15) is 69.0 Å². The van der Waals surface area contributed by atoms with Crippen molar-refractivity contribution in [2.45, 2.75) is 57.3 Å². The van der Waals surface area contributed by atoms with Crippen molar-refractivity contribution >= 4 is 39.7 Å². The SMILES string of the molecule is CC1(c2nc3nccnc3nc2-c2ccc(N3c4ccccc4C(C)(C)c4ccccc43)cc2)C=CC(N2c3ccccc3C(C)(C)c3ccccc32)=CC1. The minimum Gasteiger partial charge on any atom is -0.310 e. The van der Waals surface area contributed by atoms with E-state index in [0.29, 0.717) is 11.3 Å². The maximum Gasteiger partial charge on any atom is 0.198 e. The van der Waals surface area contributed by atoms with Crippen LogP contribution in [0.4, 0.5) is 28.4 Å². The van der Waals surface area contributed by atoms with Gasteiger partial charge in [-0.25, -0.2) is 19.9 Å². The minimum absolute atomic E-state index is 0.110. The van der Waals surface area contributed by atoms with Crippen molar-refractivity contribution in [2.75, 3.05) is 9.80 Å². The molecule has 1 aliphatic carbocycles. The largest absolute Gasteiger partial charge is 0.310 e. The van der Waals surface area contributed by atoms with Crippen LogP contribution in [0.5, 0.6) is 0 Å². The summed E-state index contributed by atoms with van der Waals surface area (Å²) in [5.41, 5.74) is 15.4. The molecule has 0 bridgehead atoms. The van der Waals surface area contributed by atoms with Gasteiger partial charge in [0.2, 0.25) is 0 Å². The van der Waals surface area contributed by atoms with Gasteiger partial charge < -0.3 is 9.80 Å². The molecule has 0 fully saturated rings. The fraction of sp³-hybridized carbons (Fsp3) is 0.184. The van der Waals surface area contributed by atoms with Gasteiger partial charge in [-0.05, 0) is 71.1 Å². The molecule has 1 unspecified atom stereocenters. The number of hydrogen-bond donors (Lipinski definition) is 0. The molecule has 7 aromatic rings. The molecule has 0 amide bonds. The summed E-state index contributed by atoms with van der Waals surface area (Å²) in [4.78, 5) is 24.4. The number of aromatic nitrogens is 4. The van der Waals surface area contributed by atoms with Crippen LogP contribution in [0.2, 0.25) is 0 Å². The summed E-state index contributed by atoms with van der Waals surface area (Å²) >= 11 is 0. The van der Waals surface area contributed by atoms with E-state index >= 15 is 0 Å². The summed E-state index contributed by atoms with van der Waals surface area (Å²) in [5, 5.41) is 0. The molecule has 10 rings (SSSR count). The standard InChI is InChI=1S/C49H42N6/c1-47(2)35-14-6-10-18-39(35)54(40-19-11-7-15-36(40)47)33-24-22-32(23-25-33)43-44(53-46-45(52-43)50-30-31-51-46)49(5)28-26-34(27-29-49)55-41-20-12-8-16-37(41)48(3,4)38-17-9-13-21-42(38)55/h6-28,30-31H,29H2,1-5H3. The van der Waals surface area contributed by atoms with Crippen molar-refractivity contribution in [3.8, 4) is 11.3 Å². The Bertz CT molecular complexity index is 2630. The lowest BCUT2D eigenvalue weighted by Gasteiger charge is -2.43. The van der Waals surface area contributed by atoms with Crippen LogP contribution in [0.25, 0.3) is 22.6 Å². The lowest BCUT2D eigenvalue weighted by molar-refractivity contribution is 0.575. The minimum atomic E-state index is -0.444. The van der Waals surface area contributed by atoms with Gasteiger partial charge in [0.25, 0.3) is 0 Å². The van der Waals surface area contributed by atoms with E-state index < -0.39 is 5.41 Å². The molecule has 0 saturated heterocycles. The average Bonchev–Trinajstić information content (AvgIpc) is 3.22. The highest BCUT2D eigenvalue weighted by Gasteiger charge is 2.39. The zero-order valence-electron chi connectivity index (χ0n) is 31.8. The number of benzene rings is 5. The molecule has 0 radical (unpaired) electrons. The molecular formula is C49H42N6. The van der Waals surface area contributed by atoms with Gasteiger partial charge in [0.05, 0.1) is 34.1 Å². The predicted octanol–water partition coefficient (Wildman–Crippen LogP) is 11.8. The van der Waals surface area contributed by atoms with Crippen LogP contribution in [0, 0.1) is 0 Å². The maximum atomic E-state index is 5.22. The summed E-state index contributed by atoms with van der Waals surface area (Å²) in [6.07, 6.45) is 11.0. The molecule has 0 spiro atoms. The van der Waals surface area contributed by atoms with Crippen molar-refractivity contribution in [2.24, 2.45) is 0 Å². The van der Waals surface area contributed by atoms with Gasteiger partial charge in [-0.3, -0.25) is 0 Å². The van der Waals surface area contributed by atoms with E-state index in [2.05, 4.69) is 194 Å². The van der Waals surface area contributed by atoms with E-state index in [1.807, 2.05) is 0 Å². The zero-order chi connectivity index (χ0) is 37.5. The van der Waals surface area contributed by atoms with Crippen LogP contribution in [-0.2, 0) is 16.2 Å². The normalized spacial score (nSPS) is 18.9. The molecule has 0 saturated carbocycles. The van der Waals surface area contributed by atoms with E-state index in [9.17, 15) is 0 Å². The van der Waals surface area contributed by atoms with Crippen molar-refractivity contribution in [1.29, 1.82) is 0 Å². The Morgan fingerprint density at radius 1 is 0.509 bits per heavy atom. The molecule has 5 aromatic carbocycles. The van der Waals surface area contributed by atoms with Crippen molar-refractivity contribution in [3.63, 3.8) is 0 Å².